The quantitative estimate of drug-likeness (QED) is 0.105. The Bertz CT molecular complexity index is 1560. The fourth-order valence-electron chi connectivity index (χ4n) is 3.65. The number of rotatable bonds is 9. The van der Waals surface area contributed by atoms with Crippen LogP contribution in [0.25, 0.3) is 18.2 Å². The van der Waals surface area contributed by atoms with Gasteiger partial charge in [-0.3, -0.25) is 0 Å². The third kappa shape index (κ3) is 24.6. The van der Waals surface area contributed by atoms with Crippen molar-refractivity contribution < 1.29 is 147 Å². The number of aliphatic carboxylic acids is 2. The van der Waals surface area contributed by atoms with Gasteiger partial charge >= 0.3 is 115 Å². The molecule has 2 heterocycles. The fourth-order valence-corrected chi connectivity index (χ4v) is 3.82. The molecule has 2 atom stereocenters. The molecule has 5 rings (SSSR count). The number of carboxylic acids is 2. The van der Waals surface area contributed by atoms with E-state index in [-0.39, 0.29) is 120 Å². The van der Waals surface area contributed by atoms with Crippen LogP contribution in [0.4, 0.5) is 0 Å². The van der Waals surface area contributed by atoms with Crippen LogP contribution in [0.15, 0.2) is 72.8 Å². The van der Waals surface area contributed by atoms with Gasteiger partial charge in [-0.1, -0.05) is 60.7 Å². The summed E-state index contributed by atoms with van der Waals surface area (Å²) >= 11 is 5.27. The molecule has 9 nitrogen and oxygen atoms in total. The molecule has 2 aliphatic rings. The Morgan fingerprint density at radius 2 is 1.08 bits per heavy atom. The Balaban J connectivity index is 0. The number of hydrogen-bond acceptors (Lipinski definition) is 8. The first-order valence-electron chi connectivity index (χ1n) is 15.4. The van der Waals surface area contributed by atoms with Gasteiger partial charge in [0.05, 0.1) is 31.2 Å². The molecule has 2 N–H and O–H groups in total. The monoisotopic (exact) mass is 770 g/mol. The number of benzene rings is 3. The molecule has 2 fully saturated rings. The molecule has 0 spiro atoms. The van der Waals surface area contributed by atoms with Crippen molar-refractivity contribution in [2.45, 2.75) is 53.8 Å². The summed E-state index contributed by atoms with van der Waals surface area (Å²) in [6.07, 6.45) is 9.03. The minimum absolute atomic E-state index is 0. The van der Waals surface area contributed by atoms with E-state index >= 15 is 0 Å². The van der Waals surface area contributed by atoms with Crippen LogP contribution in [-0.2, 0) is 28.6 Å². The van der Waals surface area contributed by atoms with Gasteiger partial charge in [-0.05, 0) is 110 Å². The van der Waals surface area contributed by atoms with Crippen molar-refractivity contribution in [2.75, 3.05) is 25.7 Å². The van der Waals surface area contributed by atoms with Crippen molar-refractivity contribution in [1.29, 1.82) is 0 Å². The molecule has 51 heavy (non-hydrogen) atoms. The van der Waals surface area contributed by atoms with E-state index in [4.69, 9.17) is 30.9 Å². The van der Waals surface area contributed by atoms with Crippen LogP contribution in [0.5, 0.6) is 0 Å². The maximum absolute atomic E-state index is 11.3. The predicted molar refractivity (Wildman–Crippen MR) is 191 cm³/mol. The Morgan fingerprint density at radius 1 is 0.706 bits per heavy atom. The van der Waals surface area contributed by atoms with Crippen molar-refractivity contribution in [1.82, 2.24) is 0 Å². The van der Waals surface area contributed by atoms with Crippen molar-refractivity contribution >= 4 is 47.7 Å². The van der Waals surface area contributed by atoms with Crippen LogP contribution in [0.1, 0.15) is 50.1 Å². The van der Waals surface area contributed by atoms with Gasteiger partial charge in [0.2, 0.25) is 0 Å². The number of alkyl halides is 1. The number of esters is 1. The van der Waals surface area contributed by atoms with Gasteiger partial charge in [0.25, 0.3) is 0 Å². The number of ether oxygens (including phenoxy) is 3. The molecule has 0 aromatic heterocycles. The number of halogens is 1. The maximum Gasteiger partial charge on any atom is 1.00 e. The summed E-state index contributed by atoms with van der Waals surface area (Å²) in [6, 6.07) is 17.7. The summed E-state index contributed by atoms with van der Waals surface area (Å²) in [5.41, 5.74) is 10.0. The van der Waals surface area contributed by atoms with E-state index < -0.39 is 11.9 Å². The summed E-state index contributed by atoms with van der Waals surface area (Å²) in [5.74, 6) is -1.74. The molecule has 3 aromatic carbocycles. The van der Waals surface area contributed by atoms with Crippen LogP contribution in [0, 0.1) is 41.5 Å². The van der Waals surface area contributed by atoms with Gasteiger partial charge in [0.1, 0.15) is 12.7 Å². The van der Waals surface area contributed by atoms with E-state index in [0.29, 0.717) is 25.2 Å². The van der Waals surface area contributed by atoms with Gasteiger partial charge in [-0.2, -0.15) is 0 Å². The number of hydrogen-bond donors (Lipinski definition) is 1. The SMILES string of the molecule is Cc1ccc(/C=C/C(=O)O)cc1C.Cc1ccc(/C=C/C(=O)OCC2CO2)cc1C.Cc1ccc(/C=C/C(=O)[O-])cc1C.ClCC1CO1.[K+].[K+].[OH-]. The largest absolute Gasteiger partial charge is 1.00 e. The van der Waals surface area contributed by atoms with E-state index in [1.54, 1.807) is 12.2 Å². The van der Waals surface area contributed by atoms with E-state index in [2.05, 4.69) is 13.8 Å². The normalized spacial score (nSPS) is 14.9. The molecular formula is C39H45ClK2O9. The zero-order valence-electron chi connectivity index (χ0n) is 30.8. The van der Waals surface area contributed by atoms with Crippen molar-refractivity contribution in [3.05, 3.63) is 123 Å². The number of carbonyl (C=O) groups excluding carboxylic acids is 2. The Kier molecular flexibility index (Phi) is 28.7. The molecule has 0 bridgehead atoms. The Hall–Kier alpha value is -1.27. The molecular weight excluding hydrogens is 726 g/mol. The maximum atomic E-state index is 11.3. The van der Waals surface area contributed by atoms with Crippen molar-refractivity contribution in [2.24, 2.45) is 0 Å². The van der Waals surface area contributed by atoms with Gasteiger partial charge in [-0.25, -0.2) is 9.59 Å². The van der Waals surface area contributed by atoms with Crippen LogP contribution in [0.3, 0.4) is 0 Å². The Labute approximate surface area is 391 Å². The van der Waals surface area contributed by atoms with Gasteiger partial charge in [-0.15, -0.1) is 11.6 Å². The molecule has 2 aliphatic heterocycles. The summed E-state index contributed by atoms with van der Waals surface area (Å²) in [7, 11) is 0. The third-order valence-electron chi connectivity index (χ3n) is 7.22. The minimum Gasteiger partial charge on any atom is -0.870 e. The van der Waals surface area contributed by atoms with Crippen LogP contribution < -0.4 is 108 Å². The molecule has 0 aliphatic carbocycles. The van der Waals surface area contributed by atoms with Gasteiger partial charge in [0, 0.05) is 12.2 Å². The van der Waals surface area contributed by atoms with Gasteiger partial charge < -0.3 is 34.7 Å². The minimum atomic E-state index is -1.17. The van der Waals surface area contributed by atoms with E-state index in [0.717, 1.165) is 41.0 Å². The second-order valence-corrected chi connectivity index (χ2v) is 11.7. The second kappa shape index (κ2) is 28.2. The van der Waals surface area contributed by atoms with E-state index in [1.165, 1.54) is 40.0 Å². The second-order valence-electron chi connectivity index (χ2n) is 11.4. The summed E-state index contributed by atoms with van der Waals surface area (Å²) in [4.78, 5) is 31.7. The average molecular weight is 771 g/mol. The van der Waals surface area contributed by atoms with Crippen LogP contribution >= 0.6 is 11.6 Å². The summed E-state index contributed by atoms with van der Waals surface area (Å²) < 4.78 is 14.7. The van der Waals surface area contributed by atoms with Gasteiger partial charge in [0.15, 0.2) is 0 Å². The number of carboxylic acid groups (broad SMARTS) is 2. The number of aryl methyl sites for hydroxylation is 6. The van der Waals surface area contributed by atoms with Crippen molar-refractivity contribution in [3.63, 3.8) is 0 Å². The Morgan fingerprint density at radius 3 is 1.37 bits per heavy atom. The molecule has 12 heteroatoms. The van der Waals surface area contributed by atoms with Crippen molar-refractivity contribution in [3.8, 4) is 0 Å². The molecule has 0 saturated carbocycles. The zero-order chi connectivity index (χ0) is 35.6. The molecule has 2 saturated heterocycles. The summed E-state index contributed by atoms with van der Waals surface area (Å²) in [5, 5.41) is 18.5. The third-order valence-corrected chi connectivity index (χ3v) is 7.57. The zero-order valence-corrected chi connectivity index (χ0v) is 37.8. The number of epoxide rings is 2. The smallest absolute Gasteiger partial charge is 0.870 e. The standard InChI is InChI=1S/C14H16O3.2C11H12O2.C3H5ClO.2K.H2O/c1-10-3-4-12(7-11(10)2)5-6-14(15)17-9-13-8-16-13;2*1-8-3-4-10(7-9(8)2)5-6-11(12)13;4-1-3-2-5-3;;;/h3-7,13H,8-9H2,1-2H3;2*3-7H,1-2H3,(H,12,13);3H,1-2H2;;;1H2/q;;;;2*+1;/p-2/b3*6-5+;;;;. The molecule has 0 amide bonds. The molecule has 2 unspecified atom stereocenters. The van der Waals surface area contributed by atoms with E-state index in [1.807, 2.05) is 82.3 Å². The van der Waals surface area contributed by atoms with Crippen LogP contribution in [0.2, 0.25) is 0 Å². The fraction of sp³-hybridized carbons (Fsp3) is 0.308. The first-order chi connectivity index (χ1) is 22.8. The first kappa shape index (κ1) is 51.8. The molecule has 0 radical (unpaired) electrons. The number of carbonyl (C=O) groups is 3. The predicted octanol–water partition coefficient (Wildman–Crippen LogP) is 0.182. The molecule has 264 valence electrons. The summed E-state index contributed by atoms with van der Waals surface area (Å²) in [6.45, 7) is 14.1. The molecule has 3 aromatic rings. The average Bonchev–Trinajstić information content (AvgIpc) is 3.98. The topological polar surface area (TPSA) is 159 Å². The van der Waals surface area contributed by atoms with E-state index in [9.17, 15) is 19.5 Å². The first-order valence-corrected chi connectivity index (χ1v) is 16.0. The van der Waals surface area contributed by atoms with Crippen LogP contribution in [-0.4, -0.2) is 66.4 Å².